The average molecular weight is 325 g/mol. The van der Waals surface area contributed by atoms with Crippen LogP contribution in [0.15, 0.2) is 23.1 Å². The molecule has 1 heterocycles. The predicted octanol–water partition coefficient (Wildman–Crippen LogP) is 1.66. The maximum absolute atomic E-state index is 13.3. The van der Waals surface area contributed by atoms with Gasteiger partial charge in [-0.05, 0) is 57.1 Å². The van der Waals surface area contributed by atoms with Crippen LogP contribution in [0, 0.1) is 23.1 Å². The van der Waals surface area contributed by atoms with Gasteiger partial charge in [0.1, 0.15) is 11.9 Å². The Morgan fingerprint density at radius 1 is 1.41 bits per heavy atom. The Balaban J connectivity index is 2.14. The second kappa shape index (κ2) is 6.73. The number of nitriles is 1. The molecule has 0 radical (unpaired) electrons. The van der Waals surface area contributed by atoms with E-state index < -0.39 is 15.8 Å². The predicted molar refractivity (Wildman–Crippen MR) is 81.2 cm³/mol. The van der Waals surface area contributed by atoms with Gasteiger partial charge in [0.25, 0.3) is 0 Å². The summed E-state index contributed by atoms with van der Waals surface area (Å²) < 4.78 is 39.7. The van der Waals surface area contributed by atoms with Gasteiger partial charge in [-0.25, -0.2) is 17.1 Å². The topological polar surface area (TPSA) is 64.4 Å². The van der Waals surface area contributed by atoms with Gasteiger partial charge in [-0.1, -0.05) is 0 Å². The molecule has 5 nitrogen and oxygen atoms in total. The summed E-state index contributed by atoms with van der Waals surface area (Å²) >= 11 is 0. The molecular formula is C15H20FN3O2S. The highest BCUT2D eigenvalue weighted by Crippen LogP contribution is 2.22. The van der Waals surface area contributed by atoms with Crippen LogP contribution in [0.1, 0.15) is 18.4 Å². The number of halogens is 1. The van der Waals surface area contributed by atoms with Gasteiger partial charge in [0.2, 0.25) is 10.0 Å². The van der Waals surface area contributed by atoms with Gasteiger partial charge in [-0.2, -0.15) is 5.26 Å². The van der Waals surface area contributed by atoms with E-state index in [2.05, 4.69) is 11.9 Å². The summed E-state index contributed by atoms with van der Waals surface area (Å²) in [4.78, 5) is 2.19. The molecule has 0 aromatic heterocycles. The second-order valence-electron chi connectivity index (χ2n) is 5.79. The largest absolute Gasteiger partial charge is 0.306 e. The SMILES string of the molecule is CN1CCC(CN(C)S(=O)(=O)c2ccc(F)c(C#N)c2)CC1. The van der Waals surface area contributed by atoms with Gasteiger partial charge in [-0.15, -0.1) is 0 Å². The van der Waals surface area contributed by atoms with E-state index >= 15 is 0 Å². The van der Waals surface area contributed by atoms with Crippen molar-refractivity contribution in [3.63, 3.8) is 0 Å². The highest BCUT2D eigenvalue weighted by Gasteiger charge is 2.26. The molecule has 1 aromatic rings. The lowest BCUT2D eigenvalue weighted by Crippen LogP contribution is -2.37. The lowest BCUT2D eigenvalue weighted by Gasteiger charge is -2.31. The normalized spacial score (nSPS) is 17.6. The molecule has 1 aromatic carbocycles. The van der Waals surface area contributed by atoms with E-state index in [1.165, 1.54) is 17.4 Å². The number of likely N-dealkylation sites (tertiary alicyclic amines) is 1. The molecule has 1 aliphatic heterocycles. The van der Waals surface area contributed by atoms with Crippen molar-refractivity contribution in [1.29, 1.82) is 5.26 Å². The molecule has 0 spiro atoms. The molecule has 0 saturated carbocycles. The smallest absolute Gasteiger partial charge is 0.242 e. The van der Waals surface area contributed by atoms with Gasteiger partial charge in [0.15, 0.2) is 0 Å². The number of sulfonamides is 1. The van der Waals surface area contributed by atoms with Crippen molar-refractivity contribution < 1.29 is 12.8 Å². The first-order valence-electron chi connectivity index (χ1n) is 7.19. The fraction of sp³-hybridized carbons (Fsp3) is 0.533. The van der Waals surface area contributed by atoms with E-state index in [0.717, 1.165) is 38.1 Å². The van der Waals surface area contributed by atoms with Crippen LogP contribution in [0.25, 0.3) is 0 Å². The molecule has 0 amide bonds. The summed E-state index contributed by atoms with van der Waals surface area (Å²) in [6.45, 7) is 2.37. The molecule has 7 heteroatoms. The number of benzene rings is 1. The highest BCUT2D eigenvalue weighted by molar-refractivity contribution is 7.89. The van der Waals surface area contributed by atoms with Crippen molar-refractivity contribution in [1.82, 2.24) is 9.21 Å². The van der Waals surface area contributed by atoms with Gasteiger partial charge in [0.05, 0.1) is 10.5 Å². The lowest BCUT2D eigenvalue weighted by molar-refractivity contribution is 0.202. The van der Waals surface area contributed by atoms with Crippen LogP contribution in [0.3, 0.4) is 0 Å². The summed E-state index contributed by atoms with van der Waals surface area (Å²) in [5.41, 5.74) is -0.256. The zero-order valence-electron chi connectivity index (χ0n) is 12.8. The van der Waals surface area contributed by atoms with Crippen LogP contribution < -0.4 is 0 Å². The molecule has 22 heavy (non-hydrogen) atoms. The van der Waals surface area contributed by atoms with Gasteiger partial charge in [0, 0.05) is 13.6 Å². The van der Waals surface area contributed by atoms with Crippen LogP contribution in [0.2, 0.25) is 0 Å². The quantitative estimate of drug-likeness (QED) is 0.844. The molecule has 0 atom stereocenters. The monoisotopic (exact) mass is 325 g/mol. The van der Waals surface area contributed by atoms with Gasteiger partial charge in [-0.3, -0.25) is 0 Å². The third-order valence-electron chi connectivity index (χ3n) is 4.12. The Hall–Kier alpha value is -1.49. The van der Waals surface area contributed by atoms with Crippen molar-refractivity contribution in [3.8, 4) is 6.07 Å². The Bertz CT molecular complexity index is 677. The number of hydrogen-bond donors (Lipinski definition) is 0. The molecule has 1 saturated heterocycles. The number of nitrogens with zero attached hydrogens (tertiary/aromatic N) is 3. The first-order valence-corrected chi connectivity index (χ1v) is 8.63. The molecule has 0 bridgehead atoms. The van der Waals surface area contributed by atoms with Gasteiger partial charge >= 0.3 is 0 Å². The van der Waals surface area contributed by atoms with Crippen molar-refractivity contribution in [3.05, 3.63) is 29.6 Å². The minimum atomic E-state index is -3.70. The van der Waals surface area contributed by atoms with Crippen LogP contribution in [0.5, 0.6) is 0 Å². The first kappa shape index (κ1) is 16.9. The molecule has 0 aliphatic carbocycles. The van der Waals surface area contributed by atoms with Crippen LogP contribution in [-0.2, 0) is 10.0 Å². The number of piperidine rings is 1. The molecular weight excluding hydrogens is 305 g/mol. The molecule has 1 fully saturated rings. The molecule has 2 rings (SSSR count). The zero-order valence-corrected chi connectivity index (χ0v) is 13.6. The minimum absolute atomic E-state index is 0.0409. The maximum Gasteiger partial charge on any atom is 0.242 e. The highest BCUT2D eigenvalue weighted by atomic mass is 32.2. The molecule has 0 N–H and O–H groups in total. The maximum atomic E-state index is 13.3. The number of rotatable bonds is 4. The first-order chi connectivity index (χ1) is 10.3. The lowest BCUT2D eigenvalue weighted by atomic mass is 9.97. The van der Waals surface area contributed by atoms with Crippen LogP contribution in [-0.4, -0.2) is 51.4 Å². The second-order valence-corrected chi connectivity index (χ2v) is 7.83. The van der Waals surface area contributed by atoms with E-state index in [4.69, 9.17) is 5.26 Å². The third-order valence-corrected chi connectivity index (χ3v) is 5.94. The third kappa shape index (κ3) is 3.64. The fourth-order valence-corrected chi connectivity index (χ4v) is 3.91. The van der Waals surface area contributed by atoms with Crippen molar-refractivity contribution >= 4 is 10.0 Å². The molecule has 120 valence electrons. The summed E-state index contributed by atoms with van der Waals surface area (Å²) in [5, 5.41) is 8.83. The Kier molecular flexibility index (Phi) is 5.16. The summed E-state index contributed by atoms with van der Waals surface area (Å²) in [5.74, 6) is -0.383. The van der Waals surface area contributed by atoms with Crippen LogP contribution >= 0.6 is 0 Å². The van der Waals surface area contributed by atoms with E-state index in [0.29, 0.717) is 12.5 Å². The summed E-state index contributed by atoms with van der Waals surface area (Å²) in [7, 11) is -0.114. The molecule has 0 unspecified atom stereocenters. The van der Waals surface area contributed by atoms with Crippen molar-refractivity contribution in [2.45, 2.75) is 17.7 Å². The summed E-state index contributed by atoms with van der Waals surface area (Å²) in [6, 6.07) is 4.99. The zero-order chi connectivity index (χ0) is 16.3. The Morgan fingerprint density at radius 3 is 2.64 bits per heavy atom. The Labute approximate surface area is 131 Å². The fourth-order valence-electron chi connectivity index (χ4n) is 2.64. The van der Waals surface area contributed by atoms with Gasteiger partial charge < -0.3 is 4.90 Å². The number of hydrogen-bond acceptors (Lipinski definition) is 4. The van der Waals surface area contributed by atoms with E-state index in [1.807, 2.05) is 0 Å². The summed E-state index contributed by atoms with van der Waals surface area (Å²) in [6.07, 6.45) is 1.92. The standard InChI is InChI=1S/C15H20FN3O2S/c1-18-7-5-12(6-8-18)11-19(2)22(20,21)14-3-4-15(16)13(9-14)10-17/h3-4,9,12H,5-8,11H2,1-2H3. The van der Waals surface area contributed by atoms with Crippen LogP contribution in [0.4, 0.5) is 4.39 Å². The van der Waals surface area contributed by atoms with E-state index in [-0.39, 0.29) is 10.5 Å². The average Bonchev–Trinajstić information content (AvgIpc) is 2.49. The van der Waals surface area contributed by atoms with Crippen molar-refractivity contribution in [2.24, 2.45) is 5.92 Å². The molecule has 1 aliphatic rings. The van der Waals surface area contributed by atoms with Crippen molar-refractivity contribution in [2.75, 3.05) is 33.7 Å². The Morgan fingerprint density at radius 2 is 2.05 bits per heavy atom. The van der Waals surface area contributed by atoms with E-state index in [1.54, 1.807) is 6.07 Å². The minimum Gasteiger partial charge on any atom is -0.306 e. The van der Waals surface area contributed by atoms with E-state index in [9.17, 15) is 12.8 Å².